The molecule has 2 aliphatic rings. The van der Waals surface area contributed by atoms with E-state index in [4.69, 9.17) is 9.72 Å². The maximum absolute atomic E-state index is 11.5. The van der Waals surface area contributed by atoms with Crippen LogP contribution in [-0.4, -0.2) is 31.2 Å². The number of aromatic nitrogens is 1. The van der Waals surface area contributed by atoms with Gasteiger partial charge in [0.15, 0.2) is 0 Å². The molecule has 0 radical (unpaired) electrons. The molecule has 1 atom stereocenters. The van der Waals surface area contributed by atoms with Gasteiger partial charge in [-0.1, -0.05) is 6.07 Å². The van der Waals surface area contributed by atoms with Crippen molar-refractivity contribution in [2.45, 2.75) is 25.7 Å². The fourth-order valence-electron chi connectivity index (χ4n) is 2.91. The number of carbonyl (C=O) groups is 1. The Kier molecular flexibility index (Phi) is 2.94. The van der Waals surface area contributed by atoms with Crippen molar-refractivity contribution < 1.29 is 9.53 Å². The lowest BCUT2D eigenvalue weighted by molar-refractivity contribution is -0.144. The molecule has 4 nitrogen and oxygen atoms in total. The molecule has 1 unspecified atom stereocenters. The van der Waals surface area contributed by atoms with Gasteiger partial charge in [0, 0.05) is 18.8 Å². The minimum absolute atomic E-state index is 0.00468. The first-order chi connectivity index (χ1) is 8.78. The van der Waals surface area contributed by atoms with E-state index in [1.54, 1.807) is 0 Å². The van der Waals surface area contributed by atoms with Crippen molar-refractivity contribution in [1.82, 2.24) is 4.98 Å². The second kappa shape index (κ2) is 4.59. The van der Waals surface area contributed by atoms with Crippen LogP contribution >= 0.6 is 0 Å². The summed E-state index contributed by atoms with van der Waals surface area (Å²) in [4.78, 5) is 18.4. The predicted octanol–water partition coefficient (Wildman–Crippen LogP) is 1.57. The van der Waals surface area contributed by atoms with Gasteiger partial charge in [0.05, 0.1) is 13.0 Å². The van der Waals surface area contributed by atoms with E-state index in [9.17, 15) is 4.79 Å². The Hall–Kier alpha value is -1.58. The van der Waals surface area contributed by atoms with Crippen LogP contribution in [-0.2, 0) is 22.4 Å². The van der Waals surface area contributed by atoms with Gasteiger partial charge in [-0.05, 0) is 37.3 Å². The van der Waals surface area contributed by atoms with Crippen molar-refractivity contribution in [1.29, 1.82) is 0 Å². The van der Waals surface area contributed by atoms with Gasteiger partial charge < -0.3 is 9.64 Å². The molecule has 3 rings (SSSR count). The zero-order valence-corrected chi connectivity index (χ0v) is 10.7. The van der Waals surface area contributed by atoms with Crippen LogP contribution in [0.3, 0.4) is 0 Å². The molecule has 0 saturated carbocycles. The first-order valence-electron chi connectivity index (χ1n) is 6.59. The van der Waals surface area contributed by atoms with E-state index in [1.165, 1.54) is 24.8 Å². The lowest BCUT2D eigenvalue weighted by Crippen LogP contribution is -2.24. The fraction of sp³-hybridized carbons (Fsp3) is 0.571. The number of hydrogen-bond acceptors (Lipinski definition) is 4. The number of esters is 1. The summed E-state index contributed by atoms with van der Waals surface area (Å²) in [5.41, 5.74) is 2.64. The SMILES string of the molecule is COC(=O)C1CCN(c2ccc3c(n2)CCC3)C1. The van der Waals surface area contributed by atoms with Crippen LogP contribution in [0.5, 0.6) is 0 Å². The minimum Gasteiger partial charge on any atom is -0.469 e. The first kappa shape index (κ1) is 11.5. The van der Waals surface area contributed by atoms with Crippen LogP contribution < -0.4 is 4.90 Å². The minimum atomic E-state index is -0.0985. The van der Waals surface area contributed by atoms with E-state index in [1.807, 2.05) is 0 Å². The van der Waals surface area contributed by atoms with Crippen LogP contribution in [0.15, 0.2) is 12.1 Å². The van der Waals surface area contributed by atoms with Gasteiger partial charge in [-0.3, -0.25) is 4.79 Å². The van der Waals surface area contributed by atoms with E-state index in [2.05, 4.69) is 17.0 Å². The van der Waals surface area contributed by atoms with Crippen molar-refractivity contribution in [3.8, 4) is 0 Å². The van der Waals surface area contributed by atoms with Gasteiger partial charge in [-0.15, -0.1) is 0 Å². The number of pyridine rings is 1. The molecule has 1 aliphatic carbocycles. The number of anilines is 1. The summed E-state index contributed by atoms with van der Waals surface area (Å²) in [6.07, 6.45) is 4.34. The molecule has 0 spiro atoms. The molecule has 0 bridgehead atoms. The fourth-order valence-corrected chi connectivity index (χ4v) is 2.91. The third-order valence-corrected chi connectivity index (χ3v) is 3.96. The zero-order chi connectivity index (χ0) is 12.5. The van der Waals surface area contributed by atoms with Crippen molar-refractivity contribution in [3.05, 3.63) is 23.4 Å². The molecule has 1 fully saturated rings. The molecule has 1 saturated heterocycles. The van der Waals surface area contributed by atoms with E-state index >= 15 is 0 Å². The molecule has 96 valence electrons. The second-order valence-electron chi connectivity index (χ2n) is 5.08. The zero-order valence-electron chi connectivity index (χ0n) is 10.7. The number of hydrogen-bond donors (Lipinski definition) is 0. The quantitative estimate of drug-likeness (QED) is 0.743. The Labute approximate surface area is 107 Å². The highest BCUT2D eigenvalue weighted by atomic mass is 16.5. The summed E-state index contributed by atoms with van der Waals surface area (Å²) >= 11 is 0. The van der Waals surface area contributed by atoms with Gasteiger partial charge in [0.2, 0.25) is 0 Å². The molecule has 1 aliphatic heterocycles. The highest BCUT2D eigenvalue weighted by Crippen LogP contribution is 2.27. The maximum Gasteiger partial charge on any atom is 0.310 e. The van der Waals surface area contributed by atoms with E-state index in [0.29, 0.717) is 0 Å². The van der Waals surface area contributed by atoms with Crippen molar-refractivity contribution >= 4 is 11.8 Å². The summed E-state index contributed by atoms with van der Waals surface area (Å²) < 4.78 is 4.81. The number of carbonyl (C=O) groups excluding carboxylic acids is 1. The lowest BCUT2D eigenvalue weighted by atomic mass is 10.1. The third-order valence-electron chi connectivity index (χ3n) is 3.96. The molecular formula is C14H18N2O2. The number of ether oxygens (including phenoxy) is 1. The average Bonchev–Trinajstić information content (AvgIpc) is 3.05. The Morgan fingerprint density at radius 2 is 2.33 bits per heavy atom. The Morgan fingerprint density at radius 3 is 3.17 bits per heavy atom. The molecule has 2 heterocycles. The van der Waals surface area contributed by atoms with Gasteiger partial charge >= 0.3 is 5.97 Å². The Balaban J connectivity index is 1.75. The summed E-state index contributed by atoms with van der Waals surface area (Å²) in [5.74, 6) is 0.922. The molecule has 4 heteroatoms. The summed E-state index contributed by atoms with van der Waals surface area (Å²) in [5, 5.41) is 0. The largest absolute Gasteiger partial charge is 0.469 e. The van der Waals surface area contributed by atoms with Crippen LogP contribution in [0.1, 0.15) is 24.1 Å². The molecule has 0 aromatic carbocycles. The van der Waals surface area contributed by atoms with Crippen molar-refractivity contribution in [2.75, 3.05) is 25.1 Å². The smallest absolute Gasteiger partial charge is 0.310 e. The molecule has 18 heavy (non-hydrogen) atoms. The predicted molar refractivity (Wildman–Crippen MR) is 68.6 cm³/mol. The lowest BCUT2D eigenvalue weighted by Gasteiger charge is -2.18. The van der Waals surface area contributed by atoms with E-state index < -0.39 is 0 Å². The molecule has 0 N–H and O–H groups in total. The van der Waals surface area contributed by atoms with Gasteiger partial charge in [-0.25, -0.2) is 4.98 Å². The van der Waals surface area contributed by atoms with Crippen molar-refractivity contribution in [3.63, 3.8) is 0 Å². The molecule has 1 aromatic rings. The number of fused-ring (bicyclic) bond motifs is 1. The Morgan fingerprint density at radius 1 is 1.44 bits per heavy atom. The van der Waals surface area contributed by atoms with E-state index in [0.717, 1.165) is 38.2 Å². The average molecular weight is 246 g/mol. The van der Waals surface area contributed by atoms with Crippen molar-refractivity contribution in [2.24, 2.45) is 5.92 Å². The highest BCUT2D eigenvalue weighted by molar-refractivity contribution is 5.74. The summed E-state index contributed by atoms with van der Waals surface area (Å²) in [6.45, 7) is 1.63. The summed E-state index contributed by atoms with van der Waals surface area (Å²) in [7, 11) is 1.46. The normalized spacial score (nSPS) is 22.1. The monoisotopic (exact) mass is 246 g/mol. The number of nitrogens with zero attached hydrogens (tertiary/aromatic N) is 2. The van der Waals surface area contributed by atoms with Gasteiger partial charge in [0.25, 0.3) is 0 Å². The number of aryl methyl sites for hydroxylation is 2. The molecule has 1 aromatic heterocycles. The van der Waals surface area contributed by atoms with Crippen LogP contribution in [0.25, 0.3) is 0 Å². The van der Waals surface area contributed by atoms with Crippen LogP contribution in [0.4, 0.5) is 5.82 Å². The first-order valence-corrected chi connectivity index (χ1v) is 6.59. The Bertz CT molecular complexity index is 473. The molecule has 0 amide bonds. The topological polar surface area (TPSA) is 42.4 Å². The second-order valence-corrected chi connectivity index (χ2v) is 5.08. The third kappa shape index (κ3) is 1.96. The van der Waals surface area contributed by atoms with Crippen LogP contribution in [0.2, 0.25) is 0 Å². The molecular weight excluding hydrogens is 228 g/mol. The van der Waals surface area contributed by atoms with E-state index in [-0.39, 0.29) is 11.9 Å². The van der Waals surface area contributed by atoms with Gasteiger partial charge in [-0.2, -0.15) is 0 Å². The number of methoxy groups -OCH3 is 1. The van der Waals surface area contributed by atoms with Gasteiger partial charge in [0.1, 0.15) is 5.82 Å². The standard InChI is InChI=1S/C14H18N2O2/c1-18-14(17)11-7-8-16(9-11)13-6-5-10-3-2-4-12(10)15-13/h5-6,11H,2-4,7-9H2,1H3. The van der Waals surface area contributed by atoms with Crippen LogP contribution in [0, 0.1) is 5.92 Å². The summed E-state index contributed by atoms with van der Waals surface area (Å²) in [6, 6.07) is 4.28. The highest BCUT2D eigenvalue weighted by Gasteiger charge is 2.30. The maximum atomic E-state index is 11.5. The number of rotatable bonds is 2.